The second kappa shape index (κ2) is 7.74. The second-order valence-corrected chi connectivity index (χ2v) is 6.67. The predicted molar refractivity (Wildman–Crippen MR) is 82.0 cm³/mol. The molecule has 2 saturated heterocycles. The Morgan fingerprint density at radius 3 is 2.75 bits per heavy atom. The number of likely N-dealkylation sites (tertiary alicyclic amines) is 1. The predicted octanol–water partition coefficient (Wildman–Crippen LogP) is 1.75. The van der Waals surface area contributed by atoms with Crippen LogP contribution in [0.3, 0.4) is 0 Å². The van der Waals surface area contributed by atoms with E-state index in [1.54, 1.807) is 0 Å². The SMILES string of the molecule is CCNCC1(CN2CCC(C)C(OC)C2)CCOCC1. The van der Waals surface area contributed by atoms with E-state index >= 15 is 0 Å². The van der Waals surface area contributed by atoms with E-state index < -0.39 is 0 Å². The van der Waals surface area contributed by atoms with Gasteiger partial charge in [-0.15, -0.1) is 0 Å². The number of ether oxygens (including phenoxy) is 2. The molecule has 0 spiro atoms. The number of hydrogen-bond donors (Lipinski definition) is 1. The quantitative estimate of drug-likeness (QED) is 0.806. The summed E-state index contributed by atoms with van der Waals surface area (Å²) < 4.78 is 11.2. The molecular formula is C16H32N2O2. The van der Waals surface area contributed by atoms with Crippen molar-refractivity contribution < 1.29 is 9.47 Å². The Bertz CT molecular complexity index is 280. The van der Waals surface area contributed by atoms with Crippen LogP contribution in [0.25, 0.3) is 0 Å². The van der Waals surface area contributed by atoms with Crippen LogP contribution >= 0.6 is 0 Å². The topological polar surface area (TPSA) is 33.7 Å². The Balaban J connectivity index is 1.93. The molecule has 2 unspecified atom stereocenters. The summed E-state index contributed by atoms with van der Waals surface area (Å²) in [4.78, 5) is 2.62. The lowest BCUT2D eigenvalue weighted by Gasteiger charge is -2.44. The van der Waals surface area contributed by atoms with Crippen molar-refractivity contribution in [3.05, 3.63) is 0 Å². The molecule has 0 aromatic rings. The van der Waals surface area contributed by atoms with Gasteiger partial charge in [-0.2, -0.15) is 0 Å². The summed E-state index contributed by atoms with van der Waals surface area (Å²) in [5.74, 6) is 0.690. The summed E-state index contributed by atoms with van der Waals surface area (Å²) in [6.45, 7) is 12.0. The van der Waals surface area contributed by atoms with Crippen LogP contribution in [0.1, 0.15) is 33.1 Å². The molecule has 1 N–H and O–H groups in total. The molecule has 0 aromatic carbocycles. The summed E-state index contributed by atoms with van der Waals surface area (Å²) >= 11 is 0. The molecule has 2 heterocycles. The van der Waals surface area contributed by atoms with Crippen molar-refractivity contribution in [1.82, 2.24) is 10.2 Å². The third-order valence-corrected chi connectivity index (χ3v) is 5.14. The van der Waals surface area contributed by atoms with Gasteiger partial charge in [0.2, 0.25) is 0 Å². The van der Waals surface area contributed by atoms with E-state index in [-0.39, 0.29) is 0 Å². The fourth-order valence-electron chi connectivity index (χ4n) is 3.61. The summed E-state index contributed by atoms with van der Waals surface area (Å²) in [7, 11) is 1.85. The Morgan fingerprint density at radius 1 is 1.35 bits per heavy atom. The minimum atomic E-state index is 0.396. The first-order valence-corrected chi connectivity index (χ1v) is 8.23. The third kappa shape index (κ3) is 4.17. The molecule has 4 heteroatoms. The zero-order valence-corrected chi connectivity index (χ0v) is 13.5. The fourth-order valence-corrected chi connectivity index (χ4v) is 3.61. The Labute approximate surface area is 124 Å². The van der Waals surface area contributed by atoms with Crippen molar-refractivity contribution in [3.8, 4) is 0 Å². The summed E-state index contributed by atoms with van der Waals surface area (Å²) in [5, 5.41) is 3.57. The summed E-state index contributed by atoms with van der Waals surface area (Å²) in [6, 6.07) is 0. The van der Waals surface area contributed by atoms with Gasteiger partial charge in [0.1, 0.15) is 0 Å². The van der Waals surface area contributed by atoms with Crippen molar-refractivity contribution in [3.63, 3.8) is 0 Å². The smallest absolute Gasteiger partial charge is 0.0724 e. The van der Waals surface area contributed by atoms with Gasteiger partial charge in [-0.25, -0.2) is 0 Å². The minimum absolute atomic E-state index is 0.396. The van der Waals surface area contributed by atoms with Gasteiger partial charge in [0.25, 0.3) is 0 Å². The van der Waals surface area contributed by atoms with Gasteiger partial charge in [0.15, 0.2) is 0 Å². The lowest BCUT2D eigenvalue weighted by Crippen LogP contribution is -2.52. The lowest BCUT2D eigenvalue weighted by atomic mass is 9.78. The largest absolute Gasteiger partial charge is 0.381 e. The second-order valence-electron chi connectivity index (χ2n) is 6.67. The van der Waals surface area contributed by atoms with Gasteiger partial charge in [0.05, 0.1) is 6.10 Å². The highest BCUT2D eigenvalue weighted by atomic mass is 16.5. The summed E-state index contributed by atoms with van der Waals surface area (Å²) in [5.41, 5.74) is 0.396. The first-order valence-electron chi connectivity index (χ1n) is 8.23. The molecular weight excluding hydrogens is 252 g/mol. The molecule has 2 aliphatic rings. The van der Waals surface area contributed by atoms with E-state index in [9.17, 15) is 0 Å². The molecule has 2 fully saturated rings. The molecule has 2 atom stereocenters. The Hall–Kier alpha value is -0.160. The van der Waals surface area contributed by atoms with E-state index in [1.165, 1.54) is 32.4 Å². The van der Waals surface area contributed by atoms with Crippen LogP contribution in [-0.2, 0) is 9.47 Å². The molecule has 20 heavy (non-hydrogen) atoms. The Morgan fingerprint density at radius 2 is 2.10 bits per heavy atom. The highest BCUT2D eigenvalue weighted by Gasteiger charge is 2.36. The number of nitrogens with one attached hydrogen (secondary N) is 1. The van der Waals surface area contributed by atoms with Crippen LogP contribution in [0.15, 0.2) is 0 Å². The highest BCUT2D eigenvalue weighted by Crippen LogP contribution is 2.32. The number of nitrogens with zero attached hydrogens (tertiary/aromatic N) is 1. The van der Waals surface area contributed by atoms with Crippen LogP contribution in [0, 0.1) is 11.3 Å². The number of hydrogen-bond acceptors (Lipinski definition) is 4. The normalized spacial score (nSPS) is 31.4. The molecule has 0 radical (unpaired) electrons. The number of methoxy groups -OCH3 is 1. The molecule has 2 rings (SSSR count). The molecule has 0 aromatic heterocycles. The number of piperidine rings is 1. The first-order chi connectivity index (χ1) is 9.69. The Kier molecular flexibility index (Phi) is 6.27. The average molecular weight is 284 g/mol. The number of rotatable bonds is 6. The van der Waals surface area contributed by atoms with Crippen LogP contribution in [0.5, 0.6) is 0 Å². The summed E-state index contributed by atoms with van der Waals surface area (Å²) in [6.07, 6.45) is 4.03. The van der Waals surface area contributed by atoms with E-state index in [1.807, 2.05) is 7.11 Å². The van der Waals surface area contributed by atoms with Gasteiger partial charge < -0.3 is 19.7 Å². The third-order valence-electron chi connectivity index (χ3n) is 5.14. The van der Waals surface area contributed by atoms with E-state index in [2.05, 4.69) is 24.1 Å². The molecule has 0 amide bonds. The van der Waals surface area contributed by atoms with Gasteiger partial charge in [-0.05, 0) is 43.7 Å². The standard InChI is InChI=1S/C16H32N2O2/c1-4-17-12-16(6-9-20-10-7-16)13-18-8-5-14(2)15(11-18)19-3/h14-15,17H,4-13H2,1-3H3. The van der Waals surface area contributed by atoms with Crippen molar-refractivity contribution in [2.45, 2.75) is 39.2 Å². The van der Waals surface area contributed by atoms with Crippen molar-refractivity contribution in [1.29, 1.82) is 0 Å². The molecule has 118 valence electrons. The van der Waals surface area contributed by atoms with E-state index in [0.29, 0.717) is 17.4 Å². The van der Waals surface area contributed by atoms with Gasteiger partial charge in [-0.3, -0.25) is 0 Å². The molecule has 4 nitrogen and oxygen atoms in total. The van der Waals surface area contributed by atoms with Crippen molar-refractivity contribution >= 4 is 0 Å². The highest BCUT2D eigenvalue weighted by molar-refractivity contribution is 4.89. The van der Waals surface area contributed by atoms with Crippen LogP contribution < -0.4 is 5.32 Å². The van der Waals surface area contributed by atoms with Gasteiger partial charge in [0, 0.05) is 40.0 Å². The molecule has 0 aliphatic carbocycles. The monoisotopic (exact) mass is 284 g/mol. The van der Waals surface area contributed by atoms with E-state index in [4.69, 9.17) is 9.47 Å². The maximum Gasteiger partial charge on any atom is 0.0724 e. The average Bonchev–Trinajstić information content (AvgIpc) is 2.48. The van der Waals surface area contributed by atoms with Crippen LogP contribution in [0.2, 0.25) is 0 Å². The van der Waals surface area contributed by atoms with Gasteiger partial charge >= 0.3 is 0 Å². The molecule has 0 saturated carbocycles. The first kappa shape index (κ1) is 16.2. The zero-order chi connectivity index (χ0) is 14.4. The molecule has 2 aliphatic heterocycles. The van der Waals surface area contributed by atoms with E-state index in [0.717, 1.165) is 32.8 Å². The minimum Gasteiger partial charge on any atom is -0.381 e. The zero-order valence-electron chi connectivity index (χ0n) is 13.5. The van der Waals surface area contributed by atoms with Crippen molar-refractivity contribution in [2.24, 2.45) is 11.3 Å². The fraction of sp³-hybridized carbons (Fsp3) is 1.00. The maximum atomic E-state index is 5.65. The van der Waals surface area contributed by atoms with Gasteiger partial charge in [-0.1, -0.05) is 13.8 Å². The molecule has 0 bridgehead atoms. The van der Waals surface area contributed by atoms with Crippen molar-refractivity contribution in [2.75, 3.05) is 53.0 Å². The van der Waals surface area contributed by atoms with Crippen LogP contribution in [0.4, 0.5) is 0 Å². The lowest BCUT2D eigenvalue weighted by molar-refractivity contribution is -0.0423. The maximum absolute atomic E-state index is 5.65. The van der Waals surface area contributed by atoms with Crippen LogP contribution in [-0.4, -0.2) is 64.1 Å².